The van der Waals surface area contributed by atoms with Gasteiger partial charge in [0, 0.05) is 12.6 Å². The first-order chi connectivity index (χ1) is 7.36. The maximum atomic E-state index is 3.36. The van der Waals surface area contributed by atoms with Crippen molar-refractivity contribution in [3.63, 3.8) is 0 Å². The zero-order valence-electron chi connectivity index (χ0n) is 10.1. The van der Waals surface area contributed by atoms with E-state index in [2.05, 4.69) is 41.6 Å². The van der Waals surface area contributed by atoms with Crippen molar-refractivity contribution in [2.75, 3.05) is 26.7 Å². The molecule has 0 atom stereocenters. The lowest BCUT2D eigenvalue weighted by molar-refractivity contribution is 0.205. The minimum absolute atomic E-state index is 0.750. The van der Waals surface area contributed by atoms with Gasteiger partial charge in [-0.15, -0.1) is 0 Å². The monoisotopic (exact) mass is 208 g/mol. The van der Waals surface area contributed by atoms with E-state index in [0.717, 1.165) is 6.04 Å². The average molecular weight is 208 g/mol. The lowest BCUT2D eigenvalue weighted by Crippen LogP contribution is -2.41. The second-order valence-electron chi connectivity index (χ2n) is 4.15. The Morgan fingerprint density at radius 3 is 2.60 bits per heavy atom. The van der Waals surface area contributed by atoms with Crippen LogP contribution in [0.4, 0.5) is 0 Å². The van der Waals surface area contributed by atoms with Crippen LogP contribution in [0.2, 0.25) is 0 Å². The van der Waals surface area contributed by atoms with Crippen LogP contribution < -0.4 is 5.32 Å². The number of rotatable bonds is 5. The van der Waals surface area contributed by atoms with Gasteiger partial charge in [-0.3, -0.25) is 0 Å². The Kier molecular flexibility index (Phi) is 6.37. The predicted molar refractivity (Wildman–Crippen MR) is 67.1 cm³/mol. The fourth-order valence-corrected chi connectivity index (χ4v) is 1.99. The summed E-state index contributed by atoms with van der Waals surface area (Å²) < 4.78 is 0. The van der Waals surface area contributed by atoms with E-state index >= 15 is 0 Å². The van der Waals surface area contributed by atoms with Crippen molar-refractivity contribution in [2.45, 2.75) is 32.2 Å². The van der Waals surface area contributed by atoms with E-state index in [1.807, 2.05) is 6.92 Å². The van der Waals surface area contributed by atoms with Crippen LogP contribution in [0.15, 0.2) is 24.3 Å². The van der Waals surface area contributed by atoms with Gasteiger partial charge in [0.1, 0.15) is 0 Å². The number of piperidine rings is 1. The molecule has 0 unspecified atom stereocenters. The molecule has 0 amide bonds. The Labute approximate surface area is 94.0 Å². The topological polar surface area (TPSA) is 15.3 Å². The summed E-state index contributed by atoms with van der Waals surface area (Å²) in [5.41, 5.74) is 0. The molecule has 1 heterocycles. The molecule has 2 nitrogen and oxygen atoms in total. The van der Waals surface area contributed by atoms with E-state index in [1.54, 1.807) is 0 Å². The fraction of sp³-hybridized carbons (Fsp3) is 0.692. The number of nitrogens with one attached hydrogen (secondary N) is 1. The van der Waals surface area contributed by atoms with Crippen molar-refractivity contribution in [1.29, 1.82) is 0 Å². The first-order valence-corrected chi connectivity index (χ1v) is 6.04. The number of hydrogen-bond donors (Lipinski definition) is 1. The zero-order valence-corrected chi connectivity index (χ0v) is 10.1. The molecule has 0 saturated carbocycles. The predicted octanol–water partition coefficient (Wildman–Crippen LogP) is 2.19. The van der Waals surface area contributed by atoms with Crippen LogP contribution in [0.3, 0.4) is 0 Å². The normalized spacial score (nSPS) is 20.7. The molecule has 1 aliphatic heterocycles. The molecule has 0 aromatic heterocycles. The summed E-state index contributed by atoms with van der Waals surface area (Å²) in [6.45, 7) is 5.77. The highest BCUT2D eigenvalue weighted by Gasteiger charge is 2.16. The number of allylic oxidation sites excluding steroid dienone is 3. The summed E-state index contributed by atoms with van der Waals surface area (Å²) >= 11 is 0. The minimum atomic E-state index is 0.750. The quantitative estimate of drug-likeness (QED) is 0.697. The largest absolute Gasteiger partial charge is 0.317 e. The SMILES string of the molecule is C/C=C\C=C/CCN1CCC(NC)CC1. The summed E-state index contributed by atoms with van der Waals surface area (Å²) in [7, 11) is 2.07. The first-order valence-electron chi connectivity index (χ1n) is 6.04. The third kappa shape index (κ3) is 5.14. The van der Waals surface area contributed by atoms with Crippen LogP contribution >= 0.6 is 0 Å². The van der Waals surface area contributed by atoms with Crippen molar-refractivity contribution in [2.24, 2.45) is 0 Å². The smallest absolute Gasteiger partial charge is 0.00884 e. The van der Waals surface area contributed by atoms with E-state index in [4.69, 9.17) is 0 Å². The summed E-state index contributed by atoms with van der Waals surface area (Å²) in [5, 5.41) is 3.36. The molecule has 0 aromatic carbocycles. The van der Waals surface area contributed by atoms with Gasteiger partial charge in [-0.2, -0.15) is 0 Å². The Morgan fingerprint density at radius 1 is 1.27 bits per heavy atom. The molecule has 1 N–H and O–H groups in total. The molecule has 0 radical (unpaired) electrons. The van der Waals surface area contributed by atoms with Crippen molar-refractivity contribution in [3.8, 4) is 0 Å². The van der Waals surface area contributed by atoms with Crippen LogP contribution in [0, 0.1) is 0 Å². The Bertz CT molecular complexity index is 201. The van der Waals surface area contributed by atoms with Gasteiger partial charge in [0.15, 0.2) is 0 Å². The molecule has 15 heavy (non-hydrogen) atoms. The third-order valence-electron chi connectivity index (χ3n) is 3.05. The number of likely N-dealkylation sites (tertiary alicyclic amines) is 1. The average Bonchev–Trinajstić information content (AvgIpc) is 2.30. The van der Waals surface area contributed by atoms with Crippen molar-refractivity contribution in [3.05, 3.63) is 24.3 Å². The zero-order chi connectivity index (χ0) is 10.9. The summed E-state index contributed by atoms with van der Waals surface area (Å²) in [4.78, 5) is 2.56. The van der Waals surface area contributed by atoms with Crippen LogP contribution in [0.5, 0.6) is 0 Å². The van der Waals surface area contributed by atoms with Gasteiger partial charge in [0.05, 0.1) is 0 Å². The minimum Gasteiger partial charge on any atom is -0.317 e. The van der Waals surface area contributed by atoms with Gasteiger partial charge in [-0.05, 0) is 46.3 Å². The highest BCUT2D eigenvalue weighted by molar-refractivity contribution is 5.01. The molecule has 0 bridgehead atoms. The van der Waals surface area contributed by atoms with E-state index in [0.29, 0.717) is 0 Å². The molecule has 1 rings (SSSR count). The second kappa shape index (κ2) is 7.66. The molecule has 0 aromatic rings. The highest BCUT2D eigenvalue weighted by atomic mass is 15.1. The molecule has 1 saturated heterocycles. The lowest BCUT2D eigenvalue weighted by atomic mass is 10.1. The highest BCUT2D eigenvalue weighted by Crippen LogP contribution is 2.09. The van der Waals surface area contributed by atoms with Crippen LogP contribution in [0.25, 0.3) is 0 Å². The third-order valence-corrected chi connectivity index (χ3v) is 3.05. The first kappa shape index (κ1) is 12.5. The molecule has 1 fully saturated rings. The van der Waals surface area contributed by atoms with Gasteiger partial charge in [0.2, 0.25) is 0 Å². The maximum Gasteiger partial charge on any atom is 0.00884 e. The van der Waals surface area contributed by atoms with E-state index in [1.165, 1.54) is 38.9 Å². The molecule has 0 aliphatic carbocycles. The van der Waals surface area contributed by atoms with E-state index in [-0.39, 0.29) is 0 Å². The Morgan fingerprint density at radius 2 is 2.00 bits per heavy atom. The standard InChI is InChI=1S/C13H24N2/c1-3-4-5-6-7-10-15-11-8-13(14-2)9-12-15/h3-6,13-14H,7-12H2,1-2H3/b4-3-,6-5-. The van der Waals surface area contributed by atoms with Crippen LogP contribution in [0.1, 0.15) is 26.2 Å². The molecular weight excluding hydrogens is 184 g/mol. The molecule has 1 aliphatic rings. The van der Waals surface area contributed by atoms with Crippen molar-refractivity contribution in [1.82, 2.24) is 10.2 Å². The number of hydrogen-bond acceptors (Lipinski definition) is 2. The van der Waals surface area contributed by atoms with E-state index < -0.39 is 0 Å². The van der Waals surface area contributed by atoms with Gasteiger partial charge < -0.3 is 10.2 Å². The van der Waals surface area contributed by atoms with Gasteiger partial charge >= 0.3 is 0 Å². The second-order valence-corrected chi connectivity index (χ2v) is 4.15. The molecule has 0 spiro atoms. The van der Waals surface area contributed by atoms with Crippen molar-refractivity contribution < 1.29 is 0 Å². The Hall–Kier alpha value is -0.600. The summed E-state index contributed by atoms with van der Waals surface area (Å²) in [5.74, 6) is 0. The van der Waals surface area contributed by atoms with E-state index in [9.17, 15) is 0 Å². The number of nitrogens with zero attached hydrogens (tertiary/aromatic N) is 1. The Balaban J connectivity index is 2.08. The van der Waals surface area contributed by atoms with Gasteiger partial charge in [0.25, 0.3) is 0 Å². The molecule has 2 heteroatoms. The van der Waals surface area contributed by atoms with Gasteiger partial charge in [-0.1, -0.05) is 24.3 Å². The summed E-state index contributed by atoms with van der Waals surface area (Å²) in [6.07, 6.45) is 12.3. The van der Waals surface area contributed by atoms with Gasteiger partial charge in [-0.25, -0.2) is 0 Å². The van der Waals surface area contributed by atoms with Crippen LogP contribution in [-0.4, -0.2) is 37.6 Å². The fourth-order valence-electron chi connectivity index (χ4n) is 1.99. The molecular formula is C13H24N2. The van der Waals surface area contributed by atoms with Crippen LogP contribution in [-0.2, 0) is 0 Å². The summed E-state index contributed by atoms with van der Waals surface area (Å²) in [6, 6.07) is 0.750. The maximum absolute atomic E-state index is 3.36. The van der Waals surface area contributed by atoms with Crippen molar-refractivity contribution >= 4 is 0 Å². The lowest BCUT2D eigenvalue weighted by Gasteiger charge is -2.31. The molecule has 86 valence electrons.